The van der Waals surface area contributed by atoms with Crippen LogP contribution in [0.4, 0.5) is 4.39 Å². The molecular weight excluding hydrogens is 605 g/mol. The molecule has 5 rings (SSSR count). The maximum Gasteiger partial charge on any atom is 0.270 e. The van der Waals surface area contributed by atoms with E-state index in [0.29, 0.717) is 37.1 Å². The van der Waals surface area contributed by atoms with Crippen LogP contribution >= 0.6 is 11.3 Å². The largest absolute Gasteiger partial charge is 0.438 e. The first-order valence-corrected chi connectivity index (χ1v) is 16.6. The van der Waals surface area contributed by atoms with Crippen LogP contribution in [0.5, 0.6) is 11.6 Å². The van der Waals surface area contributed by atoms with Gasteiger partial charge in [0.15, 0.2) is 0 Å². The normalized spacial score (nSPS) is 16.2. The Bertz CT molecular complexity index is 1600. The maximum atomic E-state index is 14.2. The number of halogens is 1. The van der Waals surface area contributed by atoms with Crippen molar-refractivity contribution in [2.24, 2.45) is 0 Å². The molecule has 2 aromatic heterocycles. The molecule has 4 aromatic rings. The second-order valence-corrected chi connectivity index (χ2v) is 12.6. The molecule has 0 aliphatic heterocycles. The van der Waals surface area contributed by atoms with Crippen LogP contribution < -0.4 is 20.7 Å². The number of rotatable bonds is 14. The summed E-state index contributed by atoms with van der Waals surface area (Å²) in [6.45, 7) is 3.80. The van der Waals surface area contributed by atoms with Gasteiger partial charge >= 0.3 is 0 Å². The Hall–Kier alpha value is -4.19. The number of aryl methyl sites for hydroxylation is 2. The van der Waals surface area contributed by atoms with E-state index in [1.54, 1.807) is 11.4 Å². The van der Waals surface area contributed by atoms with E-state index in [2.05, 4.69) is 50.2 Å². The number of thiazole rings is 1. The summed E-state index contributed by atoms with van der Waals surface area (Å²) >= 11 is 1.44. The van der Waals surface area contributed by atoms with Crippen LogP contribution in [0.3, 0.4) is 0 Å². The van der Waals surface area contributed by atoms with Gasteiger partial charge in [0.05, 0.1) is 11.2 Å². The number of carbonyl (C=O) groups excluding carboxylic acids is 2. The number of amides is 2. The minimum absolute atomic E-state index is 0.00555. The van der Waals surface area contributed by atoms with Gasteiger partial charge in [-0.2, -0.15) is 0 Å². The Kier molecular flexibility index (Phi) is 11.8. The maximum absolute atomic E-state index is 14.2. The minimum atomic E-state index is -0.629. The number of hydrogen-bond donors (Lipinski definition) is 4. The van der Waals surface area contributed by atoms with Gasteiger partial charge in [0.1, 0.15) is 22.8 Å². The van der Waals surface area contributed by atoms with E-state index in [-0.39, 0.29) is 36.0 Å². The molecule has 242 valence electrons. The van der Waals surface area contributed by atoms with Crippen LogP contribution in [0.15, 0.2) is 66.2 Å². The molecule has 0 unspecified atom stereocenters. The van der Waals surface area contributed by atoms with Crippen molar-refractivity contribution < 1.29 is 23.8 Å². The molecule has 2 aromatic carbocycles. The Morgan fingerprint density at radius 1 is 0.957 bits per heavy atom. The molecule has 1 fully saturated rings. The number of aliphatic hydroxyl groups excluding tert-OH is 1. The third kappa shape index (κ3) is 9.41. The Morgan fingerprint density at radius 3 is 2.37 bits per heavy atom. The quantitative estimate of drug-likeness (QED) is 0.127. The van der Waals surface area contributed by atoms with Gasteiger partial charge in [-0.3, -0.25) is 9.59 Å². The van der Waals surface area contributed by atoms with Gasteiger partial charge in [0.2, 0.25) is 5.88 Å². The van der Waals surface area contributed by atoms with Crippen molar-refractivity contribution in [3.05, 3.63) is 93.8 Å². The summed E-state index contributed by atoms with van der Waals surface area (Å²) in [6.07, 6.45) is 6.55. The second-order valence-electron chi connectivity index (χ2n) is 11.5. The number of aromatic nitrogens is 2. The SMILES string of the molecule is Cc1nc(C(=O)N[C@H]2CC[C@H](NC(=O)c3cc(F)cnc3Oc3cccc(-c4ccc(CCCNCCCO)cc4)c3)CC2)cs1. The number of ether oxygens (including phenoxy) is 1. The van der Waals surface area contributed by atoms with E-state index in [4.69, 9.17) is 9.84 Å². The predicted molar refractivity (Wildman–Crippen MR) is 177 cm³/mol. The molecule has 9 nitrogen and oxygen atoms in total. The van der Waals surface area contributed by atoms with E-state index in [0.717, 1.165) is 60.7 Å². The van der Waals surface area contributed by atoms with Gasteiger partial charge in [-0.25, -0.2) is 14.4 Å². The predicted octanol–water partition coefficient (Wildman–Crippen LogP) is 5.82. The van der Waals surface area contributed by atoms with E-state index in [1.807, 2.05) is 25.1 Å². The first-order valence-electron chi connectivity index (χ1n) is 15.8. The highest BCUT2D eigenvalue weighted by atomic mass is 32.1. The van der Waals surface area contributed by atoms with Gasteiger partial charge in [-0.15, -0.1) is 11.3 Å². The zero-order chi connectivity index (χ0) is 32.3. The summed E-state index contributed by atoms with van der Waals surface area (Å²) in [7, 11) is 0. The van der Waals surface area contributed by atoms with Crippen LogP contribution in [-0.2, 0) is 6.42 Å². The molecule has 4 N–H and O–H groups in total. The smallest absolute Gasteiger partial charge is 0.270 e. The lowest BCUT2D eigenvalue weighted by Gasteiger charge is -2.29. The van der Waals surface area contributed by atoms with Crippen LogP contribution in [0.25, 0.3) is 11.1 Å². The van der Waals surface area contributed by atoms with Gasteiger partial charge in [0, 0.05) is 24.1 Å². The van der Waals surface area contributed by atoms with Gasteiger partial charge in [-0.1, -0.05) is 36.4 Å². The van der Waals surface area contributed by atoms with Crippen molar-refractivity contribution >= 4 is 23.2 Å². The fraction of sp³-hybridized carbons (Fsp3) is 0.371. The van der Waals surface area contributed by atoms with E-state index in [1.165, 1.54) is 16.9 Å². The molecule has 2 heterocycles. The number of nitrogens with zero attached hydrogens (tertiary/aromatic N) is 2. The monoisotopic (exact) mass is 645 g/mol. The summed E-state index contributed by atoms with van der Waals surface area (Å²) in [5.74, 6) is -0.757. The molecular formula is C35H40FN5O4S. The minimum Gasteiger partial charge on any atom is -0.438 e. The summed E-state index contributed by atoms with van der Waals surface area (Å²) < 4.78 is 20.3. The van der Waals surface area contributed by atoms with E-state index in [9.17, 15) is 14.0 Å². The molecule has 1 aliphatic carbocycles. The van der Waals surface area contributed by atoms with Crippen molar-refractivity contribution in [1.82, 2.24) is 25.9 Å². The molecule has 0 radical (unpaired) electrons. The zero-order valence-electron chi connectivity index (χ0n) is 25.9. The van der Waals surface area contributed by atoms with Crippen molar-refractivity contribution in [2.45, 2.75) is 64.0 Å². The van der Waals surface area contributed by atoms with Crippen molar-refractivity contribution in [3.63, 3.8) is 0 Å². The molecule has 0 bridgehead atoms. The zero-order valence-corrected chi connectivity index (χ0v) is 26.7. The summed E-state index contributed by atoms with van der Waals surface area (Å²) in [5.41, 5.74) is 3.66. The number of carbonyl (C=O) groups is 2. The molecule has 46 heavy (non-hydrogen) atoms. The van der Waals surface area contributed by atoms with Crippen molar-refractivity contribution in [1.29, 1.82) is 0 Å². The molecule has 0 saturated heterocycles. The first-order chi connectivity index (χ1) is 22.4. The summed E-state index contributed by atoms with van der Waals surface area (Å²) in [6, 6.07) is 16.9. The average molecular weight is 646 g/mol. The molecule has 0 spiro atoms. The Morgan fingerprint density at radius 2 is 1.67 bits per heavy atom. The highest BCUT2D eigenvalue weighted by Crippen LogP contribution is 2.29. The summed E-state index contributed by atoms with van der Waals surface area (Å²) in [4.78, 5) is 34.1. The Labute approximate surface area is 272 Å². The van der Waals surface area contributed by atoms with Crippen LogP contribution in [0.1, 0.15) is 69.9 Å². The van der Waals surface area contributed by atoms with Crippen LogP contribution in [0, 0.1) is 12.7 Å². The second kappa shape index (κ2) is 16.4. The highest BCUT2D eigenvalue weighted by molar-refractivity contribution is 7.09. The van der Waals surface area contributed by atoms with Gasteiger partial charge in [0.25, 0.3) is 11.8 Å². The number of pyridine rings is 1. The van der Waals surface area contributed by atoms with E-state index < -0.39 is 11.7 Å². The topological polar surface area (TPSA) is 125 Å². The number of benzene rings is 2. The Balaban J connectivity index is 1.16. The lowest BCUT2D eigenvalue weighted by atomic mass is 9.91. The highest BCUT2D eigenvalue weighted by Gasteiger charge is 2.26. The van der Waals surface area contributed by atoms with E-state index >= 15 is 0 Å². The van der Waals surface area contributed by atoms with Gasteiger partial charge < -0.3 is 25.8 Å². The average Bonchev–Trinajstić information content (AvgIpc) is 3.51. The molecule has 1 aliphatic rings. The van der Waals surface area contributed by atoms with Gasteiger partial charge in [-0.05, 0) is 99.8 Å². The molecule has 0 atom stereocenters. The van der Waals surface area contributed by atoms with Crippen molar-refractivity contribution in [3.8, 4) is 22.8 Å². The van der Waals surface area contributed by atoms with Crippen molar-refractivity contribution in [2.75, 3.05) is 19.7 Å². The van der Waals surface area contributed by atoms with Crippen LogP contribution in [0.2, 0.25) is 0 Å². The molecule has 11 heteroatoms. The molecule has 1 saturated carbocycles. The lowest BCUT2D eigenvalue weighted by Crippen LogP contribution is -2.44. The third-order valence-corrected chi connectivity index (χ3v) is 8.75. The number of aliphatic hydroxyl groups is 1. The van der Waals surface area contributed by atoms with Crippen LogP contribution in [-0.4, -0.2) is 58.7 Å². The third-order valence-electron chi connectivity index (χ3n) is 7.98. The molecule has 2 amide bonds. The fourth-order valence-electron chi connectivity index (χ4n) is 5.50. The lowest BCUT2D eigenvalue weighted by molar-refractivity contribution is 0.0888. The fourth-order valence-corrected chi connectivity index (χ4v) is 6.10. The first kappa shape index (κ1) is 33.2. The number of hydrogen-bond acceptors (Lipinski definition) is 8. The summed E-state index contributed by atoms with van der Waals surface area (Å²) in [5, 5.41) is 20.8. The number of nitrogens with one attached hydrogen (secondary N) is 3. The standard InChI is InChI=1S/C35H40FN5O4S/c1-23-39-32(22-46-23)34(44)41-29-14-12-28(13-15-29)40-33(43)31-20-27(36)21-38-35(31)45-30-7-2-6-26(19-30)25-10-8-24(9-11-25)5-3-16-37-17-4-18-42/h2,6-11,19-22,28-29,37,42H,3-5,12-18H2,1H3,(H,40,43)(H,41,44)/t28-,29-.